The molecule has 0 aromatic heterocycles. The molecule has 3 atom stereocenters. The van der Waals surface area contributed by atoms with Crippen LogP contribution in [0.4, 0.5) is 4.39 Å². The lowest BCUT2D eigenvalue weighted by atomic mass is 10.0. The van der Waals surface area contributed by atoms with Crippen LogP contribution in [0.1, 0.15) is 23.7 Å². The highest BCUT2D eigenvalue weighted by Crippen LogP contribution is 2.38. The number of benzene rings is 1. The Balaban J connectivity index is 2.35. The van der Waals surface area contributed by atoms with Crippen LogP contribution in [-0.4, -0.2) is 36.1 Å². The van der Waals surface area contributed by atoms with Gasteiger partial charge in [-0.2, -0.15) is 5.26 Å². The number of hydrogen-bond acceptors (Lipinski definition) is 5. The predicted octanol–water partition coefficient (Wildman–Crippen LogP) is 0.889. The Kier molecular flexibility index (Phi) is 4.00. The van der Waals surface area contributed by atoms with E-state index in [0.29, 0.717) is 11.3 Å². The van der Waals surface area contributed by atoms with Crippen molar-refractivity contribution in [3.05, 3.63) is 29.1 Å². The number of nitriles is 1. The molecule has 102 valence electrons. The van der Waals surface area contributed by atoms with Crippen LogP contribution in [0.25, 0.3) is 0 Å². The minimum Gasteiger partial charge on any atom is -0.496 e. The van der Waals surface area contributed by atoms with Crippen LogP contribution < -0.4 is 4.74 Å². The Morgan fingerprint density at radius 1 is 1.58 bits per heavy atom. The summed E-state index contributed by atoms with van der Waals surface area (Å²) in [6.45, 7) is -0.307. The molecule has 0 unspecified atom stereocenters. The molecule has 1 aromatic carbocycles. The summed E-state index contributed by atoms with van der Waals surface area (Å²) in [4.78, 5) is 0. The maximum Gasteiger partial charge on any atom is 0.141 e. The van der Waals surface area contributed by atoms with Crippen LogP contribution >= 0.6 is 0 Å². The lowest BCUT2D eigenvalue weighted by Gasteiger charge is -2.16. The minimum absolute atomic E-state index is 0.113. The van der Waals surface area contributed by atoms with E-state index in [1.165, 1.54) is 19.2 Å². The van der Waals surface area contributed by atoms with Crippen molar-refractivity contribution in [2.75, 3.05) is 13.7 Å². The number of hydrogen-bond donors (Lipinski definition) is 2. The van der Waals surface area contributed by atoms with Gasteiger partial charge in [0.05, 0.1) is 31.5 Å². The van der Waals surface area contributed by atoms with Crippen molar-refractivity contribution in [1.82, 2.24) is 0 Å². The first kappa shape index (κ1) is 13.7. The molecule has 5 nitrogen and oxygen atoms in total. The monoisotopic (exact) mass is 267 g/mol. The first-order valence-corrected chi connectivity index (χ1v) is 5.82. The van der Waals surface area contributed by atoms with Crippen molar-refractivity contribution in [3.8, 4) is 11.8 Å². The molecule has 2 N–H and O–H groups in total. The molecule has 19 heavy (non-hydrogen) atoms. The second-order valence-corrected chi connectivity index (χ2v) is 4.33. The molecular weight excluding hydrogens is 253 g/mol. The summed E-state index contributed by atoms with van der Waals surface area (Å²) in [5.41, 5.74) is 0.312. The Hall–Kier alpha value is -1.68. The zero-order valence-electron chi connectivity index (χ0n) is 10.3. The van der Waals surface area contributed by atoms with E-state index >= 15 is 0 Å². The number of ether oxygens (including phenoxy) is 2. The van der Waals surface area contributed by atoms with Crippen LogP contribution in [0.15, 0.2) is 12.1 Å². The molecule has 0 aliphatic carbocycles. The van der Waals surface area contributed by atoms with E-state index in [9.17, 15) is 9.50 Å². The molecule has 1 aliphatic rings. The zero-order valence-corrected chi connectivity index (χ0v) is 10.3. The summed E-state index contributed by atoms with van der Waals surface area (Å²) < 4.78 is 24.2. The van der Waals surface area contributed by atoms with E-state index in [1.54, 1.807) is 6.07 Å². The second-order valence-electron chi connectivity index (χ2n) is 4.33. The first-order valence-electron chi connectivity index (χ1n) is 5.82. The topological polar surface area (TPSA) is 82.7 Å². The molecule has 0 saturated carbocycles. The van der Waals surface area contributed by atoms with Gasteiger partial charge < -0.3 is 19.7 Å². The fraction of sp³-hybridized carbons (Fsp3) is 0.462. The summed E-state index contributed by atoms with van der Waals surface area (Å²) in [5, 5.41) is 27.5. The maximum atomic E-state index is 13.7. The molecule has 1 fully saturated rings. The van der Waals surface area contributed by atoms with Crippen LogP contribution in [0, 0.1) is 17.1 Å². The molecule has 0 spiro atoms. The highest BCUT2D eigenvalue weighted by molar-refractivity contribution is 5.45. The van der Waals surface area contributed by atoms with E-state index in [1.807, 2.05) is 0 Å². The fourth-order valence-corrected chi connectivity index (χ4v) is 2.18. The first-order chi connectivity index (χ1) is 9.10. The number of methoxy groups -OCH3 is 1. The number of aliphatic hydroxyl groups excluding tert-OH is 2. The summed E-state index contributed by atoms with van der Waals surface area (Å²) in [5.74, 6) is -0.336. The van der Waals surface area contributed by atoms with Gasteiger partial charge in [-0.15, -0.1) is 0 Å². The lowest BCUT2D eigenvalue weighted by Crippen LogP contribution is -2.24. The van der Waals surface area contributed by atoms with Gasteiger partial charge in [0, 0.05) is 18.1 Å². The maximum absolute atomic E-state index is 13.7. The smallest absolute Gasteiger partial charge is 0.141 e. The molecule has 1 saturated heterocycles. The Labute approximate surface area is 109 Å². The van der Waals surface area contributed by atoms with E-state index in [4.69, 9.17) is 19.8 Å². The molecule has 6 heteroatoms. The average Bonchev–Trinajstić information content (AvgIpc) is 2.79. The molecule has 1 aromatic rings. The quantitative estimate of drug-likeness (QED) is 0.849. The summed E-state index contributed by atoms with van der Waals surface area (Å²) >= 11 is 0. The Morgan fingerprint density at radius 3 is 2.84 bits per heavy atom. The Morgan fingerprint density at radius 2 is 2.32 bits per heavy atom. The van der Waals surface area contributed by atoms with Crippen LogP contribution in [-0.2, 0) is 4.74 Å². The van der Waals surface area contributed by atoms with Gasteiger partial charge in [-0.3, -0.25) is 0 Å². The van der Waals surface area contributed by atoms with E-state index in [2.05, 4.69) is 0 Å². The molecule has 2 rings (SSSR count). The minimum atomic E-state index is -0.807. The van der Waals surface area contributed by atoms with Crippen LogP contribution in [0.3, 0.4) is 0 Å². The molecule has 0 amide bonds. The van der Waals surface area contributed by atoms with Gasteiger partial charge in [0.15, 0.2) is 0 Å². The number of rotatable bonds is 3. The molecule has 0 radical (unpaired) electrons. The normalized spacial score (nSPS) is 26.2. The van der Waals surface area contributed by atoms with E-state index in [0.717, 1.165) is 0 Å². The van der Waals surface area contributed by atoms with Gasteiger partial charge in [-0.25, -0.2) is 4.39 Å². The highest BCUT2D eigenvalue weighted by Gasteiger charge is 2.36. The number of aliphatic hydroxyl groups is 2. The van der Waals surface area contributed by atoms with Crippen molar-refractivity contribution < 1.29 is 24.1 Å². The molecule has 1 aliphatic heterocycles. The van der Waals surface area contributed by atoms with Gasteiger partial charge in [0.2, 0.25) is 0 Å². The largest absolute Gasteiger partial charge is 0.496 e. The zero-order chi connectivity index (χ0) is 14.0. The van der Waals surface area contributed by atoms with Crippen molar-refractivity contribution in [3.63, 3.8) is 0 Å². The van der Waals surface area contributed by atoms with Gasteiger partial charge >= 0.3 is 0 Å². The van der Waals surface area contributed by atoms with Crippen molar-refractivity contribution in [2.45, 2.75) is 24.7 Å². The standard InChI is InChI=1S/C13H14FNO4/c1-18-11-2-7(5-15)9(14)3-8(11)12-4-10(17)13(6-16)19-12/h2-3,10,12-13,16-17H,4,6H2,1H3/t10-,12-,13-/m1/s1. The van der Waals surface area contributed by atoms with Gasteiger partial charge in [-0.05, 0) is 6.07 Å². The Bertz CT molecular complexity index is 514. The molecular formula is C13H14FNO4. The third-order valence-corrected chi connectivity index (χ3v) is 3.19. The van der Waals surface area contributed by atoms with Crippen LogP contribution in [0.5, 0.6) is 5.75 Å². The van der Waals surface area contributed by atoms with Crippen molar-refractivity contribution in [1.29, 1.82) is 5.26 Å². The van der Waals surface area contributed by atoms with Gasteiger partial charge in [-0.1, -0.05) is 0 Å². The summed E-state index contributed by atoms with van der Waals surface area (Å²) in [6.07, 6.45) is -1.82. The summed E-state index contributed by atoms with van der Waals surface area (Å²) in [6, 6.07) is 4.20. The van der Waals surface area contributed by atoms with Gasteiger partial charge in [0.25, 0.3) is 0 Å². The number of nitrogens with zero attached hydrogens (tertiary/aromatic N) is 1. The molecule has 0 bridgehead atoms. The van der Waals surface area contributed by atoms with Crippen molar-refractivity contribution >= 4 is 0 Å². The third-order valence-electron chi connectivity index (χ3n) is 3.19. The van der Waals surface area contributed by atoms with Crippen molar-refractivity contribution in [2.24, 2.45) is 0 Å². The third kappa shape index (κ3) is 2.54. The summed E-state index contributed by atoms with van der Waals surface area (Å²) in [7, 11) is 1.41. The molecule has 1 heterocycles. The highest BCUT2D eigenvalue weighted by atomic mass is 19.1. The van der Waals surface area contributed by atoms with Gasteiger partial charge in [0.1, 0.15) is 23.7 Å². The second kappa shape index (κ2) is 5.53. The fourth-order valence-electron chi connectivity index (χ4n) is 2.18. The van der Waals surface area contributed by atoms with E-state index in [-0.39, 0.29) is 18.6 Å². The van der Waals surface area contributed by atoms with Crippen LogP contribution in [0.2, 0.25) is 0 Å². The van der Waals surface area contributed by atoms with E-state index < -0.39 is 24.1 Å². The predicted molar refractivity (Wildman–Crippen MR) is 63.0 cm³/mol. The SMILES string of the molecule is COc1cc(C#N)c(F)cc1[C@H]1C[C@@H](O)[C@@H](CO)O1. The average molecular weight is 267 g/mol. The lowest BCUT2D eigenvalue weighted by molar-refractivity contribution is -0.0231. The number of halogens is 1.